The van der Waals surface area contributed by atoms with E-state index < -0.39 is 5.82 Å². The summed E-state index contributed by atoms with van der Waals surface area (Å²) >= 11 is 0. The zero-order valence-corrected chi connectivity index (χ0v) is 11.2. The maximum absolute atomic E-state index is 13.6. The normalized spacial score (nSPS) is 18.6. The van der Waals surface area contributed by atoms with Crippen molar-refractivity contribution in [2.75, 3.05) is 13.2 Å². The van der Waals surface area contributed by atoms with Gasteiger partial charge >= 0.3 is 0 Å². The van der Waals surface area contributed by atoms with Crippen molar-refractivity contribution in [1.29, 1.82) is 0 Å². The number of amides is 1. The van der Waals surface area contributed by atoms with Gasteiger partial charge in [-0.1, -0.05) is 12.1 Å². The molecule has 20 heavy (non-hydrogen) atoms. The fraction of sp³-hybridized carbons (Fsp3) is 0.400. The van der Waals surface area contributed by atoms with E-state index in [2.05, 4.69) is 5.32 Å². The van der Waals surface area contributed by atoms with Gasteiger partial charge in [-0.25, -0.2) is 4.39 Å². The van der Waals surface area contributed by atoms with E-state index in [1.165, 1.54) is 6.07 Å². The number of ether oxygens (including phenoxy) is 1. The Balaban J connectivity index is 1.80. The van der Waals surface area contributed by atoms with Crippen molar-refractivity contribution in [1.82, 2.24) is 5.32 Å². The van der Waals surface area contributed by atoms with Crippen LogP contribution in [0.25, 0.3) is 11.0 Å². The Morgan fingerprint density at radius 2 is 2.35 bits per heavy atom. The van der Waals surface area contributed by atoms with E-state index >= 15 is 0 Å². The molecule has 1 aromatic carbocycles. The Hall–Kier alpha value is -1.88. The van der Waals surface area contributed by atoms with Crippen molar-refractivity contribution in [3.05, 3.63) is 35.3 Å². The second-order valence-electron chi connectivity index (χ2n) is 5.02. The summed E-state index contributed by atoms with van der Waals surface area (Å²) in [6, 6.07) is 4.67. The Bertz CT molecular complexity index is 644. The maximum atomic E-state index is 13.6. The molecule has 3 rings (SSSR count). The quantitative estimate of drug-likeness (QED) is 0.938. The number of fused-ring (bicyclic) bond motifs is 1. The van der Waals surface area contributed by atoms with Crippen LogP contribution in [0, 0.1) is 12.7 Å². The summed E-state index contributed by atoms with van der Waals surface area (Å²) < 4.78 is 24.4. The van der Waals surface area contributed by atoms with Gasteiger partial charge in [-0.3, -0.25) is 4.79 Å². The van der Waals surface area contributed by atoms with Crippen molar-refractivity contribution in [2.24, 2.45) is 0 Å². The summed E-state index contributed by atoms with van der Waals surface area (Å²) in [5.41, 5.74) is 0.789. The van der Waals surface area contributed by atoms with Gasteiger partial charge in [-0.15, -0.1) is 0 Å². The molecule has 1 N–H and O–H groups in total. The van der Waals surface area contributed by atoms with Crippen molar-refractivity contribution < 1.29 is 18.3 Å². The molecule has 0 spiro atoms. The number of hydrogen-bond donors (Lipinski definition) is 1. The predicted molar refractivity (Wildman–Crippen MR) is 72.2 cm³/mol. The second kappa shape index (κ2) is 5.25. The summed E-state index contributed by atoms with van der Waals surface area (Å²) in [4.78, 5) is 12.1. The second-order valence-corrected chi connectivity index (χ2v) is 5.02. The van der Waals surface area contributed by atoms with Crippen molar-refractivity contribution in [2.45, 2.75) is 25.9 Å². The lowest BCUT2D eigenvalue weighted by Crippen LogP contribution is -2.31. The van der Waals surface area contributed by atoms with Gasteiger partial charge in [-0.2, -0.15) is 0 Å². The Kier molecular flexibility index (Phi) is 3.44. The van der Waals surface area contributed by atoms with E-state index in [-0.39, 0.29) is 23.4 Å². The van der Waals surface area contributed by atoms with E-state index in [0.717, 1.165) is 19.4 Å². The molecule has 1 amide bonds. The van der Waals surface area contributed by atoms with Gasteiger partial charge in [0.1, 0.15) is 0 Å². The fourth-order valence-electron chi connectivity index (χ4n) is 2.52. The molecule has 1 aromatic heterocycles. The monoisotopic (exact) mass is 277 g/mol. The molecule has 1 aliphatic heterocycles. The zero-order valence-electron chi connectivity index (χ0n) is 11.2. The molecule has 2 aromatic rings. The van der Waals surface area contributed by atoms with Crippen molar-refractivity contribution >= 4 is 16.9 Å². The fourth-order valence-corrected chi connectivity index (χ4v) is 2.52. The smallest absolute Gasteiger partial charge is 0.287 e. The number of furan rings is 1. The largest absolute Gasteiger partial charge is 0.448 e. The summed E-state index contributed by atoms with van der Waals surface area (Å²) in [5, 5.41) is 3.41. The van der Waals surface area contributed by atoms with E-state index in [1.54, 1.807) is 19.1 Å². The highest BCUT2D eigenvalue weighted by atomic mass is 19.1. The van der Waals surface area contributed by atoms with E-state index in [4.69, 9.17) is 9.15 Å². The SMILES string of the molecule is Cc1c(C(=O)NC[C@@H]2CCCO2)oc2c(F)cccc12. The number of nitrogens with one attached hydrogen (secondary N) is 1. The number of hydrogen-bond acceptors (Lipinski definition) is 3. The third kappa shape index (κ3) is 2.29. The topological polar surface area (TPSA) is 51.5 Å². The molecular formula is C15H16FNO3. The molecule has 1 atom stereocenters. The molecule has 5 heteroatoms. The van der Waals surface area contributed by atoms with Crippen molar-refractivity contribution in [3.63, 3.8) is 0 Å². The van der Waals surface area contributed by atoms with Crippen LogP contribution in [-0.2, 0) is 4.74 Å². The molecule has 1 aliphatic rings. The first kappa shape index (κ1) is 13.1. The van der Waals surface area contributed by atoms with Crippen LogP contribution in [0.5, 0.6) is 0 Å². The highest BCUT2D eigenvalue weighted by Gasteiger charge is 2.21. The third-order valence-corrected chi connectivity index (χ3v) is 3.64. The molecule has 0 aliphatic carbocycles. The maximum Gasteiger partial charge on any atom is 0.287 e. The lowest BCUT2D eigenvalue weighted by Gasteiger charge is -2.09. The average Bonchev–Trinajstić information content (AvgIpc) is 3.06. The molecule has 1 fully saturated rings. The molecule has 0 unspecified atom stereocenters. The van der Waals surface area contributed by atoms with Crippen molar-refractivity contribution in [3.8, 4) is 0 Å². The highest BCUT2D eigenvalue weighted by Crippen LogP contribution is 2.27. The molecule has 106 valence electrons. The van der Waals surface area contributed by atoms with E-state index in [0.29, 0.717) is 17.5 Å². The number of aryl methyl sites for hydroxylation is 1. The van der Waals surface area contributed by atoms with E-state index in [1.807, 2.05) is 0 Å². The van der Waals surface area contributed by atoms with Gasteiger partial charge in [0.15, 0.2) is 17.2 Å². The summed E-state index contributed by atoms with van der Waals surface area (Å²) in [6.45, 7) is 2.96. The van der Waals surface area contributed by atoms with Crippen LogP contribution in [0.1, 0.15) is 29.0 Å². The van der Waals surface area contributed by atoms with Crippen LogP contribution in [0.4, 0.5) is 4.39 Å². The van der Waals surface area contributed by atoms with Crippen LogP contribution in [0.3, 0.4) is 0 Å². The van der Waals surface area contributed by atoms with Crippen LogP contribution >= 0.6 is 0 Å². The van der Waals surface area contributed by atoms with Crippen LogP contribution in [-0.4, -0.2) is 25.2 Å². The minimum atomic E-state index is -0.455. The first-order chi connectivity index (χ1) is 9.66. The van der Waals surface area contributed by atoms with Gasteiger partial charge in [0, 0.05) is 24.1 Å². The first-order valence-electron chi connectivity index (χ1n) is 6.74. The van der Waals surface area contributed by atoms with Gasteiger partial charge in [0.05, 0.1) is 6.10 Å². The summed E-state index contributed by atoms with van der Waals surface area (Å²) in [7, 11) is 0. The van der Waals surface area contributed by atoms with Gasteiger partial charge in [-0.05, 0) is 25.8 Å². The van der Waals surface area contributed by atoms with Gasteiger partial charge in [0.2, 0.25) is 0 Å². The summed E-state index contributed by atoms with van der Waals surface area (Å²) in [6.07, 6.45) is 2.05. The van der Waals surface area contributed by atoms with Gasteiger partial charge < -0.3 is 14.5 Å². The highest BCUT2D eigenvalue weighted by molar-refractivity contribution is 5.99. The predicted octanol–water partition coefficient (Wildman–Crippen LogP) is 2.79. The average molecular weight is 277 g/mol. The minimum absolute atomic E-state index is 0.0698. The zero-order chi connectivity index (χ0) is 14.1. The van der Waals surface area contributed by atoms with Crippen LogP contribution in [0.15, 0.2) is 22.6 Å². The Labute approximate surface area is 115 Å². The molecule has 0 bridgehead atoms. The summed E-state index contributed by atoms with van der Waals surface area (Å²) in [5.74, 6) is -0.611. The molecular weight excluding hydrogens is 261 g/mol. The lowest BCUT2D eigenvalue weighted by molar-refractivity contribution is 0.0836. The number of rotatable bonds is 3. The Morgan fingerprint density at radius 3 is 3.05 bits per heavy atom. The third-order valence-electron chi connectivity index (χ3n) is 3.64. The molecule has 0 saturated carbocycles. The minimum Gasteiger partial charge on any atom is -0.448 e. The number of halogens is 1. The number of carbonyl (C=O) groups is 1. The molecule has 1 saturated heterocycles. The molecule has 0 radical (unpaired) electrons. The number of carbonyl (C=O) groups excluding carboxylic acids is 1. The standard InChI is InChI=1S/C15H16FNO3/c1-9-11-5-2-6-12(16)14(11)20-13(9)15(18)17-8-10-4-3-7-19-10/h2,5-6,10H,3-4,7-8H2,1H3,(H,17,18)/t10-/m0/s1. The first-order valence-corrected chi connectivity index (χ1v) is 6.74. The molecule has 4 nitrogen and oxygen atoms in total. The van der Waals surface area contributed by atoms with Gasteiger partial charge in [0.25, 0.3) is 5.91 Å². The number of benzene rings is 1. The van der Waals surface area contributed by atoms with Crippen LogP contribution < -0.4 is 5.32 Å². The van der Waals surface area contributed by atoms with Crippen LogP contribution in [0.2, 0.25) is 0 Å². The Morgan fingerprint density at radius 1 is 1.50 bits per heavy atom. The number of para-hydroxylation sites is 1. The molecule has 2 heterocycles. The van der Waals surface area contributed by atoms with E-state index in [9.17, 15) is 9.18 Å². The lowest BCUT2D eigenvalue weighted by atomic mass is 10.1.